The largest absolute Gasteiger partial charge is 0.0683 e. The molecule has 1 fully saturated rings. The topological polar surface area (TPSA) is 0 Å². The van der Waals surface area contributed by atoms with Crippen molar-refractivity contribution in [3.05, 3.63) is 0 Å². The first-order valence-corrected chi connectivity index (χ1v) is 5.30. The smallest absolute Gasteiger partial charge is 0.0391 e. The Morgan fingerprint density at radius 2 is 1.36 bits per heavy atom. The van der Waals surface area contributed by atoms with E-state index in [0.29, 0.717) is 0 Å². The minimum atomic E-state index is 0.935. The molecule has 0 saturated heterocycles. The van der Waals surface area contributed by atoms with Gasteiger partial charge in [0.05, 0.1) is 0 Å². The molecule has 68 valence electrons. The SMILES string of the molecule is CC.CC(C)C1CCCCC1. The molecule has 0 radical (unpaired) electrons. The first kappa shape index (κ1) is 11.0. The highest BCUT2D eigenvalue weighted by Crippen LogP contribution is 2.29. The maximum atomic E-state index is 2.36. The maximum Gasteiger partial charge on any atom is -0.0391 e. The van der Waals surface area contributed by atoms with Crippen LogP contribution in [0.2, 0.25) is 0 Å². The quantitative estimate of drug-likeness (QED) is 0.532. The van der Waals surface area contributed by atoms with E-state index in [1.54, 1.807) is 0 Å². The zero-order chi connectivity index (χ0) is 8.69. The summed E-state index contributed by atoms with van der Waals surface area (Å²) < 4.78 is 0. The van der Waals surface area contributed by atoms with Gasteiger partial charge in [-0.05, 0) is 11.8 Å². The molecule has 1 saturated carbocycles. The van der Waals surface area contributed by atoms with E-state index in [2.05, 4.69) is 13.8 Å². The van der Waals surface area contributed by atoms with Crippen LogP contribution in [0.15, 0.2) is 0 Å². The van der Waals surface area contributed by atoms with E-state index in [1.807, 2.05) is 13.8 Å². The molecular formula is C11H24. The molecule has 1 aliphatic carbocycles. The minimum absolute atomic E-state index is 0.935. The first-order chi connectivity index (χ1) is 5.30. The molecule has 0 aliphatic heterocycles. The molecule has 1 rings (SSSR count). The molecule has 0 aromatic carbocycles. The lowest BCUT2D eigenvalue weighted by Crippen LogP contribution is -2.12. The normalized spacial score (nSPS) is 19.4. The zero-order valence-electron chi connectivity index (χ0n) is 8.69. The van der Waals surface area contributed by atoms with Crippen molar-refractivity contribution in [3.63, 3.8) is 0 Å². The fraction of sp³-hybridized carbons (Fsp3) is 1.00. The van der Waals surface area contributed by atoms with E-state index in [9.17, 15) is 0 Å². The van der Waals surface area contributed by atoms with Crippen molar-refractivity contribution in [1.29, 1.82) is 0 Å². The van der Waals surface area contributed by atoms with Gasteiger partial charge in [-0.25, -0.2) is 0 Å². The van der Waals surface area contributed by atoms with Crippen LogP contribution in [-0.4, -0.2) is 0 Å². The molecule has 1 aliphatic rings. The van der Waals surface area contributed by atoms with Crippen LogP contribution in [-0.2, 0) is 0 Å². The monoisotopic (exact) mass is 156 g/mol. The predicted molar refractivity (Wildman–Crippen MR) is 52.8 cm³/mol. The Bertz CT molecular complexity index is 68.1. The lowest BCUT2D eigenvalue weighted by Gasteiger charge is -2.24. The van der Waals surface area contributed by atoms with Gasteiger partial charge < -0.3 is 0 Å². The third-order valence-corrected chi connectivity index (χ3v) is 2.59. The molecule has 0 spiro atoms. The van der Waals surface area contributed by atoms with Crippen LogP contribution in [0.4, 0.5) is 0 Å². The second kappa shape index (κ2) is 6.69. The highest BCUT2D eigenvalue weighted by atomic mass is 14.2. The predicted octanol–water partition coefficient (Wildman–Crippen LogP) is 4.25. The van der Waals surface area contributed by atoms with Crippen LogP contribution in [0.3, 0.4) is 0 Å². The summed E-state index contributed by atoms with van der Waals surface area (Å²) in [7, 11) is 0. The average Bonchev–Trinajstić information content (AvgIpc) is 2.10. The molecule has 11 heavy (non-hydrogen) atoms. The van der Waals surface area contributed by atoms with Crippen LogP contribution in [0.1, 0.15) is 59.8 Å². The van der Waals surface area contributed by atoms with Gasteiger partial charge >= 0.3 is 0 Å². The maximum absolute atomic E-state index is 2.36. The highest BCUT2D eigenvalue weighted by Gasteiger charge is 2.15. The summed E-state index contributed by atoms with van der Waals surface area (Å²) in [5.74, 6) is 1.99. The second-order valence-electron chi connectivity index (χ2n) is 3.64. The summed E-state index contributed by atoms with van der Waals surface area (Å²) in [5, 5.41) is 0. The van der Waals surface area contributed by atoms with Crippen molar-refractivity contribution in [2.45, 2.75) is 59.8 Å². The van der Waals surface area contributed by atoms with Gasteiger partial charge in [0.1, 0.15) is 0 Å². The van der Waals surface area contributed by atoms with Gasteiger partial charge in [0.2, 0.25) is 0 Å². The highest BCUT2D eigenvalue weighted by molar-refractivity contribution is 4.67. The van der Waals surface area contributed by atoms with Gasteiger partial charge in [0.25, 0.3) is 0 Å². The molecule has 0 bridgehead atoms. The summed E-state index contributed by atoms with van der Waals surface area (Å²) in [6.07, 6.45) is 7.46. The summed E-state index contributed by atoms with van der Waals surface area (Å²) in [6.45, 7) is 8.71. The van der Waals surface area contributed by atoms with Crippen molar-refractivity contribution in [1.82, 2.24) is 0 Å². The molecule has 0 amide bonds. The van der Waals surface area contributed by atoms with Crippen LogP contribution < -0.4 is 0 Å². The number of hydrogen-bond donors (Lipinski definition) is 0. The Labute approximate surface area is 72.4 Å². The Morgan fingerprint density at radius 1 is 0.909 bits per heavy atom. The van der Waals surface area contributed by atoms with Gasteiger partial charge in [-0.3, -0.25) is 0 Å². The first-order valence-electron chi connectivity index (χ1n) is 5.30. The Kier molecular flexibility index (Phi) is 6.69. The fourth-order valence-electron chi connectivity index (χ4n) is 1.80. The van der Waals surface area contributed by atoms with Crippen molar-refractivity contribution in [3.8, 4) is 0 Å². The van der Waals surface area contributed by atoms with Crippen molar-refractivity contribution in [2.24, 2.45) is 11.8 Å². The van der Waals surface area contributed by atoms with Gasteiger partial charge in [0, 0.05) is 0 Å². The lowest BCUT2D eigenvalue weighted by molar-refractivity contribution is 0.279. The van der Waals surface area contributed by atoms with Crippen molar-refractivity contribution in [2.75, 3.05) is 0 Å². The third-order valence-electron chi connectivity index (χ3n) is 2.59. The standard InChI is InChI=1S/C9H18.C2H6/c1-8(2)9-6-4-3-5-7-9;1-2/h8-9H,3-7H2,1-2H3;1-2H3. The van der Waals surface area contributed by atoms with Gasteiger partial charge in [-0.2, -0.15) is 0 Å². The van der Waals surface area contributed by atoms with E-state index >= 15 is 0 Å². The molecule has 0 aromatic heterocycles. The summed E-state index contributed by atoms with van der Waals surface area (Å²) in [6, 6.07) is 0. The molecule has 0 nitrogen and oxygen atoms in total. The van der Waals surface area contributed by atoms with Crippen molar-refractivity contribution >= 4 is 0 Å². The summed E-state index contributed by atoms with van der Waals surface area (Å²) in [5.41, 5.74) is 0. The number of hydrogen-bond acceptors (Lipinski definition) is 0. The molecule has 0 N–H and O–H groups in total. The Hall–Kier alpha value is 0. The molecule has 0 heteroatoms. The van der Waals surface area contributed by atoms with Gasteiger partial charge in [0.15, 0.2) is 0 Å². The lowest BCUT2D eigenvalue weighted by atomic mass is 9.82. The average molecular weight is 156 g/mol. The Balaban J connectivity index is 0.000000461. The van der Waals surface area contributed by atoms with E-state index in [4.69, 9.17) is 0 Å². The number of rotatable bonds is 1. The molecular weight excluding hydrogens is 132 g/mol. The van der Waals surface area contributed by atoms with E-state index < -0.39 is 0 Å². The second-order valence-corrected chi connectivity index (χ2v) is 3.64. The van der Waals surface area contributed by atoms with Crippen LogP contribution in [0.25, 0.3) is 0 Å². The van der Waals surface area contributed by atoms with Gasteiger partial charge in [-0.1, -0.05) is 59.8 Å². The minimum Gasteiger partial charge on any atom is -0.0683 e. The van der Waals surface area contributed by atoms with E-state index in [-0.39, 0.29) is 0 Å². The zero-order valence-corrected chi connectivity index (χ0v) is 8.69. The van der Waals surface area contributed by atoms with Crippen LogP contribution >= 0.6 is 0 Å². The third kappa shape index (κ3) is 4.44. The summed E-state index contributed by atoms with van der Waals surface area (Å²) >= 11 is 0. The van der Waals surface area contributed by atoms with Crippen LogP contribution in [0.5, 0.6) is 0 Å². The van der Waals surface area contributed by atoms with E-state index in [1.165, 1.54) is 32.1 Å². The molecule has 0 aromatic rings. The van der Waals surface area contributed by atoms with E-state index in [0.717, 1.165) is 11.8 Å². The van der Waals surface area contributed by atoms with Crippen molar-refractivity contribution < 1.29 is 0 Å². The van der Waals surface area contributed by atoms with Crippen LogP contribution in [0, 0.1) is 11.8 Å². The summed E-state index contributed by atoms with van der Waals surface area (Å²) in [4.78, 5) is 0. The molecule has 0 heterocycles. The van der Waals surface area contributed by atoms with Gasteiger partial charge in [-0.15, -0.1) is 0 Å². The molecule has 0 atom stereocenters. The Morgan fingerprint density at radius 3 is 1.64 bits per heavy atom. The fourth-order valence-corrected chi connectivity index (χ4v) is 1.80. The molecule has 0 unspecified atom stereocenters.